The molecule has 0 saturated carbocycles. The molecule has 8 heteroatoms. The summed E-state index contributed by atoms with van der Waals surface area (Å²) in [6.45, 7) is 3.55. The molecular formula is C20H18FN5OS. The Morgan fingerprint density at radius 1 is 0.893 bits per heavy atom. The minimum atomic E-state index is -0.253. The summed E-state index contributed by atoms with van der Waals surface area (Å²) in [5, 5.41) is 15.1. The number of hydrogen-bond donors (Lipinski definition) is 1. The fourth-order valence-corrected chi connectivity index (χ4v) is 4.33. The SMILES string of the molecule is Oc1ccc(N2CCN(c3nn4cc(-c5ccc(F)cc5)nc4s3)CC2)cc1. The maximum absolute atomic E-state index is 13.1. The second kappa shape index (κ2) is 6.79. The van der Waals surface area contributed by atoms with Gasteiger partial charge in [-0.3, -0.25) is 0 Å². The van der Waals surface area contributed by atoms with Gasteiger partial charge in [-0.1, -0.05) is 11.3 Å². The molecule has 1 aliphatic heterocycles. The van der Waals surface area contributed by atoms with Crippen molar-refractivity contribution in [1.29, 1.82) is 0 Å². The number of aromatic hydroxyl groups is 1. The van der Waals surface area contributed by atoms with Crippen molar-refractivity contribution in [3.05, 3.63) is 60.5 Å². The molecule has 0 unspecified atom stereocenters. The van der Waals surface area contributed by atoms with E-state index in [4.69, 9.17) is 0 Å². The number of fused-ring (bicyclic) bond motifs is 1. The maximum Gasteiger partial charge on any atom is 0.214 e. The molecule has 1 saturated heterocycles. The molecule has 0 spiro atoms. The number of piperazine rings is 1. The van der Waals surface area contributed by atoms with Gasteiger partial charge in [0.05, 0.1) is 11.9 Å². The number of halogens is 1. The normalized spacial score (nSPS) is 14.8. The van der Waals surface area contributed by atoms with Gasteiger partial charge in [0.15, 0.2) is 0 Å². The van der Waals surface area contributed by atoms with Crippen LogP contribution in [-0.2, 0) is 0 Å². The maximum atomic E-state index is 13.1. The summed E-state index contributed by atoms with van der Waals surface area (Å²) in [4.78, 5) is 10.0. The van der Waals surface area contributed by atoms with Crippen molar-refractivity contribution in [3.8, 4) is 17.0 Å². The van der Waals surface area contributed by atoms with Crippen LogP contribution in [0.4, 0.5) is 15.2 Å². The van der Waals surface area contributed by atoms with Crippen LogP contribution >= 0.6 is 11.3 Å². The first kappa shape index (κ1) is 17.0. The van der Waals surface area contributed by atoms with E-state index < -0.39 is 0 Å². The van der Waals surface area contributed by atoms with Gasteiger partial charge in [-0.2, -0.15) is 0 Å². The lowest BCUT2D eigenvalue weighted by Crippen LogP contribution is -2.46. The van der Waals surface area contributed by atoms with E-state index in [2.05, 4.69) is 19.9 Å². The summed E-state index contributed by atoms with van der Waals surface area (Å²) in [5.74, 6) is 0.0325. The highest BCUT2D eigenvalue weighted by atomic mass is 32.1. The first-order chi connectivity index (χ1) is 13.7. The van der Waals surface area contributed by atoms with Crippen LogP contribution in [0.1, 0.15) is 0 Å². The van der Waals surface area contributed by atoms with Crippen molar-refractivity contribution < 1.29 is 9.50 Å². The zero-order valence-electron chi connectivity index (χ0n) is 15.0. The number of phenolic OH excluding ortho intramolecular Hbond substituents is 1. The fourth-order valence-electron chi connectivity index (χ4n) is 3.40. The predicted octanol–water partition coefficient (Wildman–Crippen LogP) is 3.63. The van der Waals surface area contributed by atoms with Crippen molar-refractivity contribution in [2.45, 2.75) is 0 Å². The van der Waals surface area contributed by atoms with Gasteiger partial charge in [0.1, 0.15) is 11.6 Å². The summed E-state index contributed by atoms with van der Waals surface area (Å²) in [7, 11) is 0. The van der Waals surface area contributed by atoms with E-state index in [-0.39, 0.29) is 11.6 Å². The standard InChI is InChI=1S/C20H18FN5OS/c21-15-3-1-14(2-4-15)18-13-26-19(22-18)28-20(23-26)25-11-9-24(10-12-25)16-5-7-17(27)8-6-16/h1-8,13,27H,9-12H2. The number of nitrogens with zero attached hydrogens (tertiary/aromatic N) is 5. The molecule has 2 aromatic heterocycles. The van der Waals surface area contributed by atoms with E-state index in [0.717, 1.165) is 53.2 Å². The smallest absolute Gasteiger partial charge is 0.214 e. The Balaban J connectivity index is 1.30. The average Bonchev–Trinajstić information content (AvgIpc) is 3.29. The van der Waals surface area contributed by atoms with Crippen molar-refractivity contribution in [2.75, 3.05) is 36.0 Å². The number of hydrogen-bond acceptors (Lipinski definition) is 6. The van der Waals surface area contributed by atoms with Gasteiger partial charge in [0.25, 0.3) is 0 Å². The summed E-state index contributed by atoms with van der Waals surface area (Å²) in [6.07, 6.45) is 1.88. The average molecular weight is 395 g/mol. The molecule has 4 aromatic rings. The van der Waals surface area contributed by atoms with Crippen molar-refractivity contribution in [1.82, 2.24) is 14.6 Å². The lowest BCUT2D eigenvalue weighted by Gasteiger charge is -2.35. The molecule has 0 bridgehead atoms. The molecule has 1 N–H and O–H groups in total. The third kappa shape index (κ3) is 3.16. The van der Waals surface area contributed by atoms with E-state index in [1.54, 1.807) is 40.1 Å². The molecule has 5 rings (SSSR count). The molecule has 0 atom stereocenters. The zero-order valence-corrected chi connectivity index (χ0v) is 15.8. The summed E-state index contributed by atoms with van der Waals surface area (Å²) in [6, 6.07) is 13.7. The van der Waals surface area contributed by atoms with Crippen LogP contribution in [0.5, 0.6) is 5.75 Å². The quantitative estimate of drug-likeness (QED) is 0.574. The monoisotopic (exact) mass is 395 g/mol. The Bertz CT molecular complexity index is 1070. The van der Waals surface area contributed by atoms with Gasteiger partial charge in [-0.25, -0.2) is 13.9 Å². The Morgan fingerprint density at radius 3 is 2.25 bits per heavy atom. The van der Waals surface area contributed by atoms with Crippen LogP contribution in [0, 0.1) is 5.82 Å². The molecule has 1 aliphatic rings. The van der Waals surface area contributed by atoms with Crippen molar-refractivity contribution in [3.63, 3.8) is 0 Å². The van der Waals surface area contributed by atoms with Crippen LogP contribution in [0.15, 0.2) is 54.7 Å². The molecule has 6 nitrogen and oxygen atoms in total. The lowest BCUT2D eigenvalue weighted by atomic mass is 10.2. The number of benzene rings is 2. The predicted molar refractivity (Wildman–Crippen MR) is 109 cm³/mol. The highest BCUT2D eigenvalue weighted by Crippen LogP contribution is 2.28. The summed E-state index contributed by atoms with van der Waals surface area (Å²) in [5.41, 5.74) is 2.79. The number of rotatable bonds is 3. The van der Waals surface area contributed by atoms with Gasteiger partial charge < -0.3 is 14.9 Å². The first-order valence-electron chi connectivity index (χ1n) is 9.07. The summed E-state index contributed by atoms with van der Waals surface area (Å²) >= 11 is 1.56. The van der Waals surface area contributed by atoms with Gasteiger partial charge in [-0.05, 0) is 48.5 Å². The number of imidazole rings is 1. The van der Waals surface area contributed by atoms with E-state index in [1.807, 2.05) is 18.3 Å². The van der Waals surface area contributed by atoms with Crippen LogP contribution in [0.3, 0.4) is 0 Å². The van der Waals surface area contributed by atoms with Gasteiger partial charge in [0, 0.05) is 37.4 Å². The second-order valence-corrected chi connectivity index (χ2v) is 7.67. The second-order valence-electron chi connectivity index (χ2n) is 6.74. The third-order valence-corrected chi connectivity index (χ3v) is 5.92. The number of aromatic nitrogens is 3. The van der Waals surface area contributed by atoms with Crippen LogP contribution in [-0.4, -0.2) is 45.9 Å². The van der Waals surface area contributed by atoms with Gasteiger partial charge in [0.2, 0.25) is 10.1 Å². The topological polar surface area (TPSA) is 56.9 Å². The molecule has 28 heavy (non-hydrogen) atoms. The fraction of sp³-hybridized carbons (Fsp3) is 0.200. The molecule has 3 heterocycles. The molecular weight excluding hydrogens is 377 g/mol. The molecule has 2 aromatic carbocycles. The zero-order chi connectivity index (χ0) is 19.1. The van der Waals surface area contributed by atoms with E-state index in [9.17, 15) is 9.50 Å². The Hall–Kier alpha value is -3.13. The van der Waals surface area contributed by atoms with Crippen LogP contribution < -0.4 is 9.80 Å². The van der Waals surface area contributed by atoms with E-state index in [1.165, 1.54) is 12.1 Å². The summed E-state index contributed by atoms with van der Waals surface area (Å²) < 4.78 is 14.9. The molecule has 0 amide bonds. The van der Waals surface area contributed by atoms with Crippen molar-refractivity contribution in [2.24, 2.45) is 0 Å². The first-order valence-corrected chi connectivity index (χ1v) is 9.88. The highest BCUT2D eigenvalue weighted by molar-refractivity contribution is 7.20. The van der Waals surface area contributed by atoms with Gasteiger partial charge in [-0.15, -0.1) is 5.10 Å². The third-order valence-electron chi connectivity index (χ3n) is 4.94. The largest absolute Gasteiger partial charge is 0.508 e. The van der Waals surface area contributed by atoms with Crippen LogP contribution in [0.2, 0.25) is 0 Å². The van der Waals surface area contributed by atoms with E-state index >= 15 is 0 Å². The van der Waals surface area contributed by atoms with E-state index in [0.29, 0.717) is 0 Å². The number of phenols is 1. The molecule has 1 fully saturated rings. The van der Waals surface area contributed by atoms with Crippen molar-refractivity contribution >= 4 is 27.1 Å². The number of anilines is 2. The Kier molecular flexibility index (Phi) is 4.12. The molecule has 142 valence electrons. The molecule has 0 aliphatic carbocycles. The Labute approximate surface area is 165 Å². The minimum absolute atomic E-state index is 0.253. The Morgan fingerprint density at radius 2 is 1.57 bits per heavy atom. The highest BCUT2D eigenvalue weighted by Gasteiger charge is 2.21. The van der Waals surface area contributed by atoms with Crippen LogP contribution in [0.25, 0.3) is 16.2 Å². The molecule has 0 radical (unpaired) electrons. The lowest BCUT2D eigenvalue weighted by molar-refractivity contribution is 0.475. The minimum Gasteiger partial charge on any atom is -0.508 e. The van der Waals surface area contributed by atoms with Gasteiger partial charge >= 0.3 is 0 Å².